The first-order valence-corrected chi connectivity index (χ1v) is 8.76. The van der Waals surface area contributed by atoms with E-state index in [4.69, 9.17) is 4.74 Å². The van der Waals surface area contributed by atoms with E-state index in [1.54, 1.807) is 31.2 Å². The summed E-state index contributed by atoms with van der Waals surface area (Å²) in [7, 11) is 0. The Morgan fingerprint density at radius 3 is 2.43 bits per heavy atom. The summed E-state index contributed by atoms with van der Waals surface area (Å²) in [6, 6.07) is 17.1. The third kappa shape index (κ3) is 4.70. The van der Waals surface area contributed by atoms with E-state index in [0.717, 1.165) is 5.56 Å². The fourth-order valence-corrected chi connectivity index (χ4v) is 2.57. The smallest absolute Gasteiger partial charge is 0.338 e. The van der Waals surface area contributed by atoms with Gasteiger partial charge in [0, 0.05) is 17.3 Å². The molecular formula is C21H19N3O4. The predicted octanol–water partition coefficient (Wildman–Crippen LogP) is 2.73. The zero-order valence-electron chi connectivity index (χ0n) is 15.3. The molecule has 0 atom stereocenters. The van der Waals surface area contributed by atoms with Gasteiger partial charge >= 0.3 is 5.97 Å². The van der Waals surface area contributed by atoms with Gasteiger partial charge in [-0.3, -0.25) is 14.2 Å². The third-order valence-corrected chi connectivity index (χ3v) is 3.94. The lowest BCUT2D eigenvalue weighted by Crippen LogP contribution is -2.27. The number of nitrogens with one attached hydrogen (secondary N) is 1. The molecule has 7 nitrogen and oxygen atoms in total. The lowest BCUT2D eigenvalue weighted by atomic mass is 10.1. The summed E-state index contributed by atoms with van der Waals surface area (Å²) in [6.45, 7) is 1.86. The van der Waals surface area contributed by atoms with E-state index in [0.29, 0.717) is 23.6 Å². The summed E-state index contributed by atoms with van der Waals surface area (Å²) in [6.07, 6.45) is 1.36. The monoisotopic (exact) mass is 377 g/mol. The molecule has 0 aliphatic carbocycles. The Morgan fingerprint density at radius 1 is 1.07 bits per heavy atom. The molecule has 3 rings (SSSR count). The first-order valence-electron chi connectivity index (χ1n) is 8.76. The molecule has 1 N–H and O–H groups in total. The number of ether oxygens (including phenoxy) is 1. The predicted molar refractivity (Wildman–Crippen MR) is 105 cm³/mol. The van der Waals surface area contributed by atoms with Crippen molar-refractivity contribution in [2.75, 3.05) is 11.9 Å². The van der Waals surface area contributed by atoms with Gasteiger partial charge in [0.2, 0.25) is 5.91 Å². The zero-order valence-corrected chi connectivity index (χ0v) is 15.3. The first-order chi connectivity index (χ1) is 13.6. The van der Waals surface area contributed by atoms with Crippen LogP contribution in [0.4, 0.5) is 5.69 Å². The number of aromatic nitrogens is 2. The highest BCUT2D eigenvalue weighted by atomic mass is 16.5. The van der Waals surface area contributed by atoms with Gasteiger partial charge in [-0.25, -0.2) is 9.78 Å². The molecule has 0 saturated carbocycles. The highest BCUT2D eigenvalue weighted by Crippen LogP contribution is 2.13. The van der Waals surface area contributed by atoms with Gasteiger partial charge in [-0.2, -0.15) is 0 Å². The lowest BCUT2D eigenvalue weighted by molar-refractivity contribution is -0.116. The number of nitrogens with zero attached hydrogens (tertiary/aromatic N) is 2. The van der Waals surface area contributed by atoms with Gasteiger partial charge in [0.25, 0.3) is 5.56 Å². The molecule has 0 radical (unpaired) electrons. The second-order valence-electron chi connectivity index (χ2n) is 5.95. The number of anilines is 1. The van der Waals surface area contributed by atoms with Gasteiger partial charge in [-0.05, 0) is 31.2 Å². The van der Waals surface area contributed by atoms with Crippen LogP contribution in [0.2, 0.25) is 0 Å². The molecule has 142 valence electrons. The minimum Gasteiger partial charge on any atom is -0.462 e. The van der Waals surface area contributed by atoms with E-state index in [1.807, 2.05) is 30.3 Å². The molecule has 1 aromatic heterocycles. The summed E-state index contributed by atoms with van der Waals surface area (Å²) in [4.78, 5) is 40.4. The van der Waals surface area contributed by atoms with Crippen LogP contribution < -0.4 is 10.9 Å². The zero-order chi connectivity index (χ0) is 19.9. The number of benzene rings is 2. The highest BCUT2D eigenvalue weighted by molar-refractivity contribution is 5.93. The average Bonchev–Trinajstić information content (AvgIpc) is 2.71. The number of rotatable bonds is 6. The molecule has 0 fully saturated rings. The van der Waals surface area contributed by atoms with E-state index in [-0.39, 0.29) is 18.0 Å². The van der Waals surface area contributed by atoms with E-state index in [2.05, 4.69) is 10.3 Å². The molecule has 0 aliphatic rings. The minimum atomic E-state index is -0.420. The number of hydrogen-bond donors (Lipinski definition) is 1. The number of hydrogen-bond acceptors (Lipinski definition) is 5. The van der Waals surface area contributed by atoms with Crippen molar-refractivity contribution in [3.8, 4) is 11.3 Å². The van der Waals surface area contributed by atoms with Gasteiger partial charge in [0.15, 0.2) is 0 Å². The van der Waals surface area contributed by atoms with Crippen LogP contribution in [0.5, 0.6) is 0 Å². The molecular weight excluding hydrogens is 358 g/mol. The standard InChI is InChI=1S/C21H19N3O4/c1-2-28-21(27)16-8-10-17(11-9-16)23-19(25)13-24-14-22-18(12-20(24)26)15-6-4-3-5-7-15/h3-12,14H,2,13H2,1H3,(H,23,25). The van der Waals surface area contributed by atoms with E-state index >= 15 is 0 Å². The Balaban J connectivity index is 1.65. The van der Waals surface area contributed by atoms with Crippen molar-refractivity contribution in [3.63, 3.8) is 0 Å². The van der Waals surface area contributed by atoms with Crippen molar-refractivity contribution < 1.29 is 14.3 Å². The van der Waals surface area contributed by atoms with Crippen LogP contribution in [0.25, 0.3) is 11.3 Å². The maximum Gasteiger partial charge on any atom is 0.338 e. The number of amides is 1. The van der Waals surface area contributed by atoms with Crippen LogP contribution in [0.15, 0.2) is 71.8 Å². The maximum atomic E-state index is 12.3. The van der Waals surface area contributed by atoms with E-state index in [1.165, 1.54) is 17.0 Å². The van der Waals surface area contributed by atoms with E-state index < -0.39 is 5.97 Å². The van der Waals surface area contributed by atoms with Gasteiger partial charge in [-0.15, -0.1) is 0 Å². The normalized spacial score (nSPS) is 10.3. The van der Waals surface area contributed by atoms with E-state index in [9.17, 15) is 14.4 Å². The van der Waals surface area contributed by atoms with Crippen molar-refractivity contribution in [2.45, 2.75) is 13.5 Å². The Kier molecular flexibility index (Phi) is 5.96. The van der Waals surface area contributed by atoms with Crippen LogP contribution in [-0.2, 0) is 16.1 Å². The molecule has 0 spiro atoms. The molecule has 0 aliphatic heterocycles. The minimum absolute atomic E-state index is 0.166. The van der Waals surface area contributed by atoms with Crippen LogP contribution in [0.1, 0.15) is 17.3 Å². The number of carbonyl (C=O) groups excluding carboxylic acids is 2. The van der Waals surface area contributed by atoms with Crippen molar-refractivity contribution in [3.05, 3.63) is 82.9 Å². The van der Waals surface area contributed by atoms with Crippen molar-refractivity contribution in [2.24, 2.45) is 0 Å². The summed E-state index contributed by atoms with van der Waals surface area (Å²) in [5.74, 6) is -0.795. The third-order valence-electron chi connectivity index (χ3n) is 3.94. The first kappa shape index (κ1) is 19.0. The van der Waals surface area contributed by atoms with Gasteiger partial charge in [0.05, 0.1) is 24.2 Å². The summed E-state index contributed by atoms with van der Waals surface area (Å²) < 4.78 is 6.14. The molecule has 0 unspecified atom stereocenters. The molecule has 3 aromatic rings. The average molecular weight is 377 g/mol. The Hall–Kier alpha value is -3.74. The van der Waals surface area contributed by atoms with Gasteiger partial charge < -0.3 is 10.1 Å². The molecule has 1 heterocycles. The SMILES string of the molecule is CCOC(=O)c1ccc(NC(=O)Cn2cnc(-c3ccccc3)cc2=O)cc1. The topological polar surface area (TPSA) is 90.3 Å². The van der Waals surface area contributed by atoms with Crippen molar-refractivity contribution >= 4 is 17.6 Å². The van der Waals surface area contributed by atoms with Crippen molar-refractivity contribution in [1.82, 2.24) is 9.55 Å². The van der Waals surface area contributed by atoms with Crippen LogP contribution in [0.3, 0.4) is 0 Å². The largest absolute Gasteiger partial charge is 0.462 e. The summed E-state index contributed by atoms with van der Waals surface area (Å²) in [5.41, 5.74) is 1.98. The quantitative estimate of drug-likeness (QED) is 0.667. The lowest BCUT2D eigenvalue weighted by Gasteiger charge is -2.09. The van der Waals surface area contributed by atoms with Crippen LogP contribution >= 0.6 is 0 Å². The maximum absolute atomic E-state index is 12.3. The van der Waals surface area contributed by atoms with Gasteiger partial charge in [-0.1, -0.05) is 30.3 Å². The van der Waals surface area contributed by atoms with Gasteiger partial charge in [0.1, 0.15) is 6.54 Å². The molecule has 28 heavy (non-hydrogen) atoms. The molecule has 2 aromatic carbocycles. The fraction of sp³-hybridized carbons (Fsp3) is 0.143. The Morgan fingerprint density at radius 2 is 1.79 bits per heavy atom. The second kappa shape index (κ2) is 8.77. The molecule has 0 saturated heterocycles. The van der Waals surface area contributed by atoms with Crippen molar-refractivity contribution in [1.29, 1.82) is 0 Å². The Labute approximate surface area is 161 Å². The Bertz CT molecular complexity index is 1030. The van der Waals surface area contributed by atoms with Crippen LogP contribution in [0, 0.1) is 0 Å². The summed E-state index contributed by atoms with van der Waals surface area (Å²) in [5, 5.41) is 2.68. The molecule has 0 bridgehead atoms. The number of esters is 1. The molecule has 1 amide bonds. The molecule has 7 heteroatoms. The second-order valence-corrected chi connectivity index (χ2v) is 5.95. The summed E-state index contributed by atoms with van der Waals surface area (Å²) >= 11 is 0. The fourth-order valence-electron chi connectivity index (χ4n) is 2.57. The highest BCUT2D eigenvalue weighted by Gasteiger charge is 2.09. The van der Waals surface area contributed by atoms with Crippen LogP contribution in [-0.4, -0.2) is 28.0 Å². The number of carbonyl (C=O) groups is 2.